The van der Waals surface area contributed by atoms with Gasteiger partial charge in [-0.3, -0.25) is 4.98 Å². The largest absolute Gasteiger partial charge is 0.455 e. The zero-order valence-corrected chi connectivity index (χ0v) is 10.9. The molecule has 0 fully saturated rings. The van der Waals surface area contributed by atoms with Crippen LogP contribution in [-0.2, 0) is 13.0 Å². The number of hydrogen-bond acceptors (Lipinski definition) is 3. The number of nitrogens with zero attached hydrogens (tertiary/aromatic N) is 1. The lowest BCUT2D eigenvalue weighted by Gasteiger charge is -2.10. The van der Waals surface area contributed by atoms with E-state index in [2.05, 4.69) is 11.9 Å². The highest BCUT2D eigenvalue weighted by atomic mass is 35.5. The maximum absolute atomic E-state index is 6.07. The molecule has 2 N–H and O–H groups in total. The maximum Gasteiger partial charge on any atom is 0.150 e. The zero-order chi connectivity index (χ0) is 13.0. The van der Waals surface area contributed by atoms with Crippen molar-refractivity contribution in [2.75, 3.05) is 0 Å². The van der Waals surface area contributed by atoms with Crippen molar-refractivity contribution in [1.82, 2.24) is 4.98 Å². The smallest absolute Gasteiger partial charge is 0.150 e. The van der Waals surface area contributed by atoms with Gasteiger partial charge < -0.3 is 10.5 Å². The molecule has 0 radical (unpaired) electrons. The van der Waals surface area contributed by atoms with Gasteiger partial charge in [0.15, 0.2) is 0 Å². The third-order valence-electron chi connectivity index (χ3n) is 2.67. The summed E-state index contributed by atoms with van der Waals surface area (Å²) >= 11 is 6.07. The molecule has 0 saturated heterocycles. The Bertz CT molecular complexity index is 543. The highest BCUT2D eigenvalue weighted by molar-refractivity contribution is 6.31. The molecule has 0 aliphatic carbocycles. The van der Waals surface area contributed by atoms with E-state index in [1.54, 1.807) is 6.20 Å². The Morgan fingerprint density at radius 3 is 2.89 bits per heavy atom. The molecule has 1 aromatic heterocycles. The van der Waals surface area contributed by atoms with Crippen LogP contribution in [0.5, 0.6) is 11.5 Å². The summed E-state index contributed by atoms with van der Waals surface area (Å²) in [6.07, 6.45) is 2.57. The van der Waals surface area contributed by atoms with E-state index < -0.39 is 0 Å². The first-order valence-electron chi connectivity index (χ1n) is 5.84. The number of hydrogen-bond donors (Lipinski definition) is 1. The molecule has 0 bridgehead atoms. The molecule has 0 amide bonds. The van der Waals surface area contributed by atoms with E-state index in [0.29, 0.717) is 12.3 Å². The fourth-order valence-corrected chi connectivity index (χ4v) is 1.93. The van der Waals surface area contributed by atoms with E-state index in [9.17, 15) is 0 Å². The van der Waals surface area contributed by atoms with Crippen LogP contribution in [0.15, 0.2) is 36.5 Å². The summed E-state index contributed by atoms with van der Waals surface area (Å²) in [6, 6.07) is 9.30. The minimum Gasteiger partial charge on any atom is -0.455 e. The van der Waals surface area contributed by atoms with E-state index in [0.717, 1.165) is 28.5 Å². The Balaban J connectivity index is 2.28. The summed E-state index contributed by atoms with van der Waals surface area (Å²) in [7, 11) is 0. The summed E-state index contributed by atoms with van der Waals surface area (Å²) in [5, 5.41) is 0.759. The second-order valence-electron chi connectivity index (χ2n) is 3.86. The Hall–Kier alpha value is -1.58. The molecule has 4 heteroatoms. The Kier molecular flexibility index (Phi) is 4.18. The normalized spacial score (nSPS) is 10.4. The van der Waals surface area contributed by atoms with Crippen molar-refractivity contribution in [3.05, 3.63) is 52.8 Å². The van der Waals surface area contributed by atoms with Gasteiger partial charge in [0.05, 0.1) is 5.69 Å². The standard InChI is InChI=1S/C14H15ClN2O/c1-2-10-8-11(5-6-12(10)15)18-14-4-3-7-17-13(14)9-16/h3-8H,2,9,16H2,1H3. The molecule has 0 saturated carbocycles. The number of ether oxygens (including phenoxy) is 1. The average Bonchev–Trinajstić information content (AvgIpc) is 2.41. The molecular weight excluding hydrogens is 248 g/mol. The van der Waals surface area contributed by atoms with Crippen LogP contribution >= 0.6 is 11.6 Å². The van der Waals surface area contributed by atoms with Crippen LogP contribution < -0.4 is 10.5 Å². The van der Waals surface area contributed by atoms with Gasteiger partial charge in [-0.2, -0.15) is 0 Å². The van der Waals surface area contributed by atoms with Crippen molar-refractivity contribution in [1.29, 1.82) is 0 Å². The molecule has 18 heavy (non-hydrogen) atoms. The summed E-state index contributed by atoms with van der Waals surface area (Å²) in [4.78, 5) is 4.18. The molecule has 1 aromatic carbocycles. The molecule has 1 heterocycles. The van der Waals surface area contributed by atoms with Gasteiger partial charge in [0.1, 0.15) is 11.5 Å². The minimum absolute atomic E-state index is 0.352. The van der Waals surface area contributed by atoms with Crippen molar-refractivity contribution in [3.8, 4) is 11.5 Å². The highest BCUT2D eigenvalue weighted by Crippen LogP contribution is 2.27. The molecule has 0 atom stereocenters. The number of benzene rings is 1. The predicted octanol–water partition coefficient (Wildman–Crippen LogP) is 3.55. The van der Waals surface area contributed by atoms with Gasteiger partial charge in [0, 0.05) is 17.8 Å². The van der Waals surface area contributed by atoms with Gasteiger partial charge in [-0.15, -0.1) is 0 Å². The zero-order valence-electron chi connectivity index (χ0n) is 10.2. The van der Waals surface area contributed by atoms with E-state index in [4.69, 9.17) is 22.1 Å². The summed E-state index contributed by atoms with van der Waals surface area (Å²) in [6.45, 7) is 2.41. The Labute approximate surface area is 112 Å². The first-order chi connectivity index (χ1) is 8.74. The van der Waals surface area contributed by atoms with Crippen LogP contribution in [0.2, 0.25) is 5.02 Å². The van der Waals surface area contributed by atoms with E-state index >= 15 is 0 Å². The molecule has 0 aliphatic heterocycles. The van der Waals surface area contributed by atoms with Gasteiger partial charge in [-0.1, -0.05) is 18.5 Å². The number of aromatic nitrogens is 1. The second kappa shape index (κ2) is 5.85. The van der Waals surface area contributed by atoms with Crippen LogP contribution in [0.3, 0.4) is 0 Å². The fraction of sp³-hybridized carbons (Fsp3) is 0.214. The van der Waals surface area contributed by atoms with Gasteiger partial charge in [-0.25, -0.2) is 0 Å². The van der Waals surface area contributed by atoms with Gasteiger partial charge in [-0.05, 0) is 42.3 Å². The number of aryl methyl sites for hydroxylation is 1. The number of rotatable bonds is 4. The molecule has 0 aliphatic rings. The first-order valence-corrected chi connectivity index (χ1v) is 6.22. The maximum atomic E-state index is 6.07. The minimum atomic E-state index is 0.352. The molecule has 2 aromatic rings. The van der Waals surface area contributed by atoms with Crippen LogP contribution in [0.25, 0.3) is 0 Å². The Morgan fingerprint density at radius 2 is 2.17 bits per heavy atom. The second-order valence-corrected chi connectivity index (χ2v) is 4.27. The van der Waals surface area contributed by atoms with Crippen LogP contribution in [0.1, 0.15) is 18.2 Å². The summed E-state index contributed by atoms with van der Waals surface area (Å²) in [5.74, 6) is 1.43. The van der Waals surface area contributed by atoms with Gasteiger partial charge in [0.2, 0.25) is 0 Å². The quantitative estimate of drug-likeness (QED) is 0.917. The van der Waals surface area contributed by atoms with Gasteiger partial charge in [0.25, 0.3) is 0 Å². The Morgan fingerprint density at radius 1 is 1.33 bits per heavy atom. The lowest BCUT2D eigenvalue weighted by Crippen LogP contribution is -2.02. The average molecular weight is 263 g/mol. The van der Waals surface area contributed by atoms with E-state index in [1.807, 2.05) is 30.3 Å². The summed E-state index contributed by atoms with van der Waals surface area (Å²) in [5.41, 5.74) is 7.42. The van der Waals surface area contributed by atoms with Crippen molar-refractivity contribution < 1.29 is 4.74 Å². The predicted molar refractivity (Wildman–Crippen MR) is 73.0 cm³/mol. The van der Waals surface area contributed by atoms with Crippen molar-refractivity contribution >= 4 is 11.6 Å². The highest BCUT2D eigenvalue weighted by Gasteiger charge is 2.06. The third kappa shape index (κ3) is 2.81. The lowest BCUT2D eigenvalue weighted by atomic mass is 10.1. The van der Waals surface area contributed by atoms with Crippen LogP contribution in [0.4, 0.5) is 0 Å². The van der Waals surface area contributed by atoms with Crippen LogP contribution in [-0.4, -0.2) is 4.98 Å². The van der Waals surface area contributed by atoms with Gasteiger partial charge >= 0.3 is 0 Å². The number of halogens is 1. The topological polar surface area (TPSA) is 48.1 Å². The number of nitrogens with two attached hydrogens (primary N) is 1. The number of pyridine rings is 1. The van der Waals surface area contributed by atoms with Crippen molar-refractivity contribution in [2.24, 2.45) is 5.73 Å². The molecule has 0 spiro atoms. The molecule has 3 nitrogen and oxygen atoms in total. The summed E-state index contributed by atoms with van der Waals surface area (Å²) < 4.78 is 5.80. The molecular formula is C14H15ClN2O. The van der Waals surface area contributed by atoms with E-state index in [-0.39, 0.29) is 0 Å². The molecule has 0 unspecified atom stereocenters. The fourth-order valence-electron chi connectivity index (χ4n) is 1.68. The molecule has 94 valence electrons. The van der Waals surface area contributed by atoms with Crippen molar-refractivity contribution in [2.45, 2.75) is 19.9 Å². The van der Waals surface area contributed by atoms with E-state index in [1.165, 1.54) is 0 Å². The van der Waals surface area contributed by atoms with Crippen LogP contribution in [0, 0.1) is 0 Å². The lowest BCUT2D eigenvalue weighted by molar-refractivity contribution is 0.472. The third-order valence-corrected chi connectivity index (χ3v) is 3.04. The first kappa shape index (κ1) is 12.9. The SMILES string of the molecule is CCc1cc(Oc2cccnc2CN)ccc1Cl. The molecule has 2 rings (SSSR count). The van der Waals surface area contributed by atoms with Crippen molar-refractivity contribution in [3.63, 3.8) is 0 Å². The monoisotopic (exact) mass is 262 g/mol.